The average molecular weight is 237 g/mol. The zero-order valence-corrected chi connectivity index (χ0v) is 11.3. The van der Waals surface area contributed by atoms with Gasteiger partial charge in [0, 0.05) is 25.7 Å². The molecule has 1 N–H and O–H groups in total. The lowest BCUT2D eigenvalue weighted by molar-refractivity contribution is 0.120. The van der Waals surface area contributed by atoms with Crippen molar-refractivity contribution in [3.8, 4) is 0 Å². The average Bonchev–Trinajstić information content (AvgIpc) is 2.74. The Labute approximate surface area is 103 Å². The van der Waals surface area contributed by atoms with E-state index in [2.05, 4.69) is 45.8 Å². The molecule has 0 saturated carbocycles. The molecule has 1 aromatic heterocycles. The number of hydrogen-bond acceptors (Lipinski definition) is 4. The number of aromatic nitrogens is 3. The third kappa shape index (κ3) is 2.66. The van der Waals surface area contributed by atoms with E-state index < -0.39 is 0 Å². The molecule has 0 aromatic carbocycles. The lowest BCUT2D eigenvalue weighted by atomic mass is 9.84. The predicted octanol–water partition coefficient (Wildman–Crippen LogP) is 0.728. The quantitative estimate of drug-likeness (QED) is 0.838. The number of nitrogens with one attached hydrogen (secondary N) is 1. The molecule has 2 heterocycles. The number of fused-ring (bicyclic) bond motifs is 1. The minimum Gasteiger partial charge on any atom is -0.317 e. The van der Waals surface area contributed by atoms with Crippen molar-refractivity contribution < 1.29 is 0 Å². The van der Waals surface area contributed by atoms with Crippen LogP contribution in [-0.2, 0) is 13.1 Å². The zero-order valence-electron chi connectivity index (χ0n) is 11.3. The van der Waals surface area contributed by atoms with E-state index >= 15 is 0 Å². The summed E-state index contributed by atoms with van der Waals surface area (Å²) in [6, 6.07) is 0.502. The number of rotatable bonds is 4. The van der Waals surface area contributed by atoms with Crippen LogP contribution in [0.5, 0.6) is 0 Å². The molecule has 0 fully saturated rings. The monoisotopic (exact) mass is 237 g/mol. The highest BCUT2D eigenvalue weighted by Gasteiger charge is 2.29. The molecule has 1 unspecified atom stereocenters. The maximum atomic E-state index is 4.16. The molecule has 1 aliphatic heterocycles. The summed E-state index contributed by atoms with van der Waals surface area (Å²) in [7, 11) is 2.03. The van der Waals surface area contributed by atoms with Crippen LogP contribution in [0, 0.1) is 5.41 Å². The van der Waals surface area contributed by atoms with Gasteiger partial charge in [0.1, 0.15) is 12.2 Å². The number of nitrogens with zero attached hydrogens (tertiary/aromatic N) is 4. The van der Waals surface area contributed by atoms with E-state index in [-0.39, 0.29) is 5.41 Å². The number of hydrogen-bond donors (Lipinski definition) is 1. The van der Waals surface area contributed by atoms with Crippen molar-refractivity contribution in [1.29, 1.82) is 0 Å². The van der Waals surface area contributed by atoms with Crippen molar-refractivity contribution >= 4 is 0 Å². The molecule has 17 heavy (non-hydrogen) atoms. The van der Waals surface area contributed by atoms with Crippen molar-refractivity contribution in [3.63, 3.8) is 0 Å². The fourth-order valence-corrected chi connectivity index (χ4v) is 2.36. The first-order valence-electron chi connectivity index (χ1n) is 6.29. The Hall–Kier alpha value is -0.940. The molecule has 1 aromatic rings. The summed E-state index contributed by atoms with van der Waals surface area (Å²) in [4.78, 5) is 2.47. The van der Waals surface area contributed by atoms with Crippen LogP contribution in [0.4, 0.5) is 0 Å². The van der Waals surface area contributed by atoms with Crippen LogP contribution in [0.25, 0.3) is 0 Å². The Balaban J connectivity index is 1.98. The fourth-order valence-electron chi connectivity index (χ4n) is 2.36. The molecule has 0 bridgehead atoms. The molecule has 0 amide bonds. The molecular formula is C12H23N5. The minimum absolute atomic E-state index is 0.261. The first kappa shape index (κ1) is 12.5. The molecule has 0 spiro atoms. The molecule has 96 valence electrons. The summed E-state index contributed by atoms with van der Waals surface area (Å²) in [5, 5.41) is 11.5. The molecule has 5 heteroatoms. The Morgan fingerprint density at radius 3 is 2.94 bits per heavy atom. The van der Waals surface area contributed by atoms with Crippen LogP contribution < -0.4 is 5.32 Å². The van der Waals surface area contributed by atoms with Gasteiger partial charge in [0.2, 0.25) is 0 Å². The highest BCUT2D eigenvalue weighted by molar-refractivity contribution is 4.92. The van der Waals surface area contributed by atoms with E-state index in [1.54, 1.807) is 0 Å². The van der Waals surface area contributed by atoms with E-state index in [0.717, 1.165) is 32.0 Å². The van der Waals surface area contributed by atoms with Crippen LogP contribution in [0.1, 0.15) is 26.6 Å². The van der Waals surface area contributed by atoms with Crippen molar-refractivity contribution in [2.24, 2.45) is 5.41 Å². The molecular weight excluding hydrogens is 214 g/mol. The van der Waals surface area contributed by atoms with Gasteiger partial charge < -0.3 is 9.88 Å². The van der Waals surface area contributed by atoms with Crippen LogP contribution in [0.15, 0.2) is 6.33 Å². The normalized spacial score (nSPS) is 19.1. The second kappa shape index (κ2) is 4.74. The van der Waals surface area contributed by atoms with Crippen LogP contribution in [0.3, 0.4) is 0 Å². The van der Waals surface area contributed by atoms with Gasteiger partial charge in [-0.1, -0.05) is 13.8 Å². The standard InChI is InChI=1S/C12H23N5/c1-10(13-4)12(2,3)8-16-5-6-17-9-14-15-11(17)7-16/h9-10,13H,5-8H2,1-4H3. The third-order valence-electron chi connectivity index (χ3n) is 3.95. The van der Waals surface area contributed by atoms with Gasteiger partial charge in [-0.05, 0) is 19.4 Å². The molecule has 5 nitrogen and oxygen atoms in total. The van der Waals surface area contributed by atoms with Crippen LogP contribution >= 0.6 is 0 Å². The van der Waals surface area contributed by atoms with E-state index in [9.17, 15) is 0 Å². The third-order valence-corrected chi connectivity index (χ3v) is 3.95. The largest absolute Gasteiger partial charge is 0.317 e. The first-order valence-corrected chi connectivity index (χ1v) is 6.29. The van der Waals surface area contributed by atoms with E-state index in [1.807, 2.05) is 13.4 Å². The van der Waals surface area contributed by atoms with Crippen molar-refractivity contribution in [1.82, 2.24) is 25.0 Å². The molecule has 0 saturated heterocycles. The molecule has 2 rings (SSSR count). The Bertz CT molecular complexity index is 371. The highest BCUT2D eigenvalue weighted by Crippen LogP contribution is 2.23. The summed E-state index contributed by atoms with van der Waals surface area (Å²) in [5.74, 6) is 1.09. The molecule has 0 aliphatic carbocycles. The lowest BCUT2D eigenvalue weighted by Gasteiger charge is -2.38. The van der Waals surface area contributed by atoms with Gasteiger partial charge in [0.05, 0.1) is 6.54 Å². The van der Waals surface area contributed by atoms with Gasteiger partial charge in [-0.2, -0.15) is 0 Å². The maximum absolute atomic E-state index is 4.16. The van der Waals surface area contributed by atoms with E-state index in [1.165, 1.54) is 0 Å². The first-order chi connectivity index (χ1) is 8.03. The van der Waals surface area contributed by atoms with Gasteiger partial charge in [-0.25, -0.2) is 0 Å². The summed E-state index contributed by atoms with van der Waals surface area (Å²) >= 11 is 0. The van der Waals surface area contributed by atoms with Gasteiger partial charge in [-0.15, -0.1) is 10.2 Å². The predicted molar refractivity (Wildman–Crippen MR) is 67.6 cm³/mol. The summed E-state index contributed by atoms with van der Waals surface area (Å²) in [6.45, 7) is 11.0. The molecule has 1 aliphatic rings. The van der Waals surface area contributed by atoms with Gasteiger partial charge >= 0.3 is 0 Å². The van der Waals surface area contributed by atoms with E-state index in [4.69, 9.17) is 0 Å². The Morgan fingerprint density at radius 1 is 1.47 bits per heavy atom. The van der Waals surface area contributed by atoms with E-state index in [0.29, 0.717) is 6.04 Å². The summed E-state index contributed by atoms with van der Waals surface area (Å²) < 4.78 is 2.14. The highest BCUT2D eigenvalue weighted by atomic mass is 15.3. The summed E-state index contributed by atoms with van der Waals surface area (Å²) in [6.07, 6.45) is 1.83. The summed E-state index contributed by atoms with van der Waals surface area (Å²) in [5.41, 5.74) is 0.261. The second-order valence-corrected chi connectivity index (χ2v) is 5.65. The van der Waals surface area contributed by atoms with Crippen molar-refractivity contribution in [2.75, 3.05) is 20.1 Å². The topological polar surface area (TPSA) is 46.0 Å². The zero-order chi connectivity index (χ0) is 12.5. The van der Waals surface area contributed by atoms with Crippen molar-refractivity contribution in [3.05, 3.63) is 12.2 Å². The van der Waals surface area contributed by atoms with Gasteiger partial charge in [0.25, 0.3) is 0 Å². The molecule has 1 atom stereocenters. The van der Waals surface area contributed by atoms with Crippen molar-refractivity contribution in [2.45, 2.75) is 39.9 Å². The van der Waals surface area contributed by atoms with Crippen LogP contribution in [0.2, 0.25) is 0 Å². The lowest BCUT2D eigenvalue weighted by Crippen LogP contribution is -2.47. The second-order valence-electron chi connectivity index (χ2n) is 5.65. The Morgan fingerprint density at radius 2 is 2.24 bits per heavy atom. The van der Waals surface area contributed by atoms with Gasteiger partial charge in [-0.3, -0.25) is 4.90 Å². The Kier molecular flexibility index (Phi) is 3.49. The van der Waals surface area contributed by atoms with Gasteiger partial charge in [0.15, 0.2) is 0 Å². The SMILES string of the molecule is CNC(C)C(C)(C)CN1CCn2cnnc2C1. The molecule has 0 radical (unpaired) electrons. The van der Waals surface area contributed by atoms with Crippen LogP contribution in [-0.4, -0.2) is 45.8 Å². The fraction of sp³-hybridized carbons (Fsp3) is 0.833. The smallest absolute Gasteiger partial charge is 0.147 e. The maximum Gasteiger partial charge on any atom is 0.147 e. The minimum atomic E-state index is 0.261.